The third-order valence-corrected chi connectivity index (χ3v) is 3.58. The number of aromatic carboxylic acids is 1. The molecule has 0 radical (unpaired) electrons. The van der Waals surface area contributed by atoms with Crippen LogP contribution in [-0.2, 0) is 19.3 Å². The Morgan fingerprint density at radius 2 is 1.70 bits per heavy atom. The van der Waals surface area contributed by atoms with Gasteiger partial charge in [-0.3, -0.25) is 0 Å². The molecule has 0 atom stereocenters. The number of ether oxygens (including phenoxy) is 1. The predicted molar refractivity (Wildman–Crippen MR) is 93.6 cm³/mol. The molecule has 0 saturated carbocycles. The highest BCUT2D eigenvalue weighted by molar-refractivity contribution is 7.82. The van der Waals surface area contributed by atoms with Crippen LogP contribution in [0.1, 0.15) is 26.5 Å². The molecule has 0 fully saturated rings. The molecule has 10 nitrogen and oxygen atoms in total. The van der Waals surface area contributed by atoms with Crippen molar-refractivity contribution in [1.29, 1.82) is 0 Å². The summed E-state index contributed by atoms with van der Waals surface area (Å²) in [5.41, 5.74) is -0.0261. The molecule has 30 heavy (non-hydrogen) atoms. The molecule has 0 aromatic carbocycles. The van der Waals surface area contributed by atoms with E-state index < -0.39 is 40.1 Å². The lowest BCUT2D eigenvalue weighted by Gasteiger charge is -2.10. The Balaban J connectivity index is 0.000000346. The molecule has 2 aromatic rings. The van der Waals surface area contributed by atoms with Gasteiger partial charge in [0.1, 0.15) is 0 Å². The van der Waals surface area contributed by atoms with Crippen molar-refractivity contribution in [2.24, 2.45) is 0 Å². The van der Waals surface area contributed by atoms with E-state index in [9.17, 15) is 31.2 Å². The molecular weight excluding hydrogens is 437 g/mol. The summed E-state index contributed by atoms with van der Waals surface area (Å²) in [5.74, 6) is -2.86. The van der Waals surface area contributed by atoms with Crippen LogP contribution in [0.25, 0.3) is 6.08 Å². The van der Waals surface area contributed by atoms with E-state index in [-0.39, 0.29) is 5.69 Å². The highest BCUT2D eigenvalue weighted by atomic mass is 32.3. The Bertz CT molecular complexity index is 1030. The van der Waals surface area contributed by atoms with Crippen LogP contribution in [0.15, 0.2) is 43.2 Å². The molecule has 0 spiro atoms. The second-order valence-electron chi connectivity index (χ2n) is 4.81. The van der Waals surface area contributed by atoms with Crippen LogP contribution >= 0.6 is 0 Å². The van der Waals surface area contributed by atoms with Gasteiger partial charge < -0.3 is 14.0 Å². The number of esters is 1. The van der Waals surface area contributed by atoms with Gasteiger partial charge in [-0.15, -0.1) is 17.4 Å². The van der Waals surface area contributed by atoms with Gasteiger partial charge in [0, 0.05) is 18.0 Å². The van der Waals surface area contributed by atoms with Crippen LogP contribution in [0.5, 0.6) is 5.75 Å². The van der Waals surface area contributed by atoms with Gasteiger partial charge in [-0.25, -0.2) is 19.6 Å². The van der Waals surface area contributed by atoms with Crippen molar-refractivity contribution in [3.05, 3.63) is 60.2 Å². The van der Waals surface area contributed by atoms with E-state index in [2.05, 4.69) is 29.6 Å². The molecule has 2 rings (SSSR count). The third kappa shape index (κ3) is 7.84. The van der Waals surface area contributed by atoms with Crippen molar-refractivity contribution < 1.29 is 49.4 Å². The minimum absolute atomic E-state index is 0.0440. The second kappa shape index (κ2) is 10.3. The zero-order valence-electron chi connectivity index (χ0n) is 15.0. The SMILES string of the molecule is C=Cc1cccnc1C(=O)O.COC(=O)c1ncccc1OS(=O)(=O)OC(F)(F)F. The maximum Gasteiger partial charge on any atom is 0.539 e. The number of alkyl halides is 3. The van der Waals surface area contributed by atoms with Crippen molar-refractivity contribution in [2.75, 3.05) is 7.11 Å². The number of carbonyl (C=O) groups excluding carboxylic acids is 1. The number of hydrogen-bond donors (Lipinski definition) is 1. The Kier molecular flexibility index (Phi) is 8.43. The fourth-order valence-corrected chi connectivity index (χ4v) is 2.33. The molecule has 0 saturated heterocycles. The van der Waals surface area contributed by atoms with E-state index in [0.29, 0.717) is 5.56 Å². The number of carboxylic acid groups (broad SMARTS) is 1. The fourth-order valence-electron chi connectivity index (χ4n) is 1.71. The lowest BCUT2D eigenvalue weighted by atomic mass is 10.2. The maximum atomic E-state index is 11.8. The fraction of sp³-hybridized carbons (Fsp3) is 0.125. The molecular formula is C16H13F3N2O8S. The van der Waals surface area contributed by atoms with E-state index in [4.69, 9.17) is 5.11 Å². The molecule has 0 amide bonds. The first-order chi connectivity index (χ1) is 13.9. The van der Waals surface area contributed by atoms with Crippen molar-refractivity contribution >= 4 is 28.4 Å². The van der Waals surface area contributed by atoms with E-state index in [1.165, 1.54) is 12.3 Å². The number of hydrogen-bond acceptors (Lipinski definition) is 9. The highest BCUT2D eigenvalue weighted by Gasteiger charge is 2.39. The monoisotopic (exact) mass is 450 g/mol. The average molecular weight is 450 g/mol. The summed E-state index contributed by atoms with van der Waals surface area (Å²) in [6.45, 7) is 3.47. The van der Waals surface area contributed by atoms with Crippen molar-refractivity contribution in [2.45, 2.75) is 6.36 Å². The van der Waals surface area contributed by atoms with Crippen LogP contribution in [0.4, 0.5) is 13.2 Å². The maximum absolute atomic E-state index is 11.8. The summed E-state index contributed by atoms with van der Waals surface area (Å²) in [5, 5.41) is 8.59. The number of rotatable bonds is 6. The Labute approximate surface area is 167 Å². The largest absolute Gasteiger partial charge is 0.539 e. The Morgan fingerprint density at radius 3 is 2.17 bits per heavy atom. The van der Waals surface area contributed by atoms with Gasteiger partial charge in [-0.1, -0.05) is 18.7 Å². The molecule has 0 aliphatic heterocycles. The number of pyridine rings is 2. The van der Waals surface area contributed by atoms with Crippen LogP contribution in [0.3, 0.4) is 0 Å². The normalized spacial score (nSPS) is 10.9. The number of carbonyl (C=O) groups is 2. The summed E-state index contributed by atoms with van der Waals surface area (Å²) in [4.78, 5) is 28.8. The second-order valence-corrected chi connectivity index (χ2v) is 5.96. The quantitative estimate of drug-likeness (QED) is 0.652. The van der Waals surface area contributed by atoms with Gasteiger partial charge in [-0.05, 0) is 18.2 Å². The minimum atomic E-state index is -5.45. The first-order valence-electron chi connectivity index (χ1n) is 7.46. The van der Waals surface area contributed by atoms with Crippen LogP contribution in [-0.4, -0.2) is 48.9 Å². The van der Waals surface area contributed by atoms with Crippen molar-refractivity contribution in [3.8, 4) is 5.75 Å². The number of halogens is 3. The zero-order valence-corrected chi connectivity index (χ0v) is 15.8. The van der Waals surface area contributed by atoms with Crippen LogP contribution in [0, 0.1) is 0 Å². The number of methoxy groups -OCH3 is 1. The summed E-state index contributed by atoms with van der Waals surface area (Å²) in [6, 6.07) is 5.38. The molecule has 2 heterocycles. The van der Waals surface area contributed by atoms with Gasteiger partial charge in [-0.2, -0.15) is 8.42 Å². The van der Waals surface area contributed by atoms with Gasteiger partial charge in [0.05, 0.1) is 7.11 Å². The predicted octanol–water partition coefficient (Wildman–Crippen LogP) is 2.45. The first-order valence-corrected chi connectivity index (χ1v) is 8.79. The van der Waals surface area contributed by atoms with E-state index in [1.807, 2.05) is 0 Å². The highest BCUT2D eigenvalue weighted by Crippen LogP contribution is 2.24. The molecule has 0 aliphatic carbocycles. The Hall–Kier alpha value is -3.52. The minimum Gasteiger partial charge on any atom is -0.476 e. The van der Waals surface area contributed by atoms with Gasteiger partial charge in [0.15, 0.2) is 17.1 Å². The summed E-state index contributed by atoms with van der Waals surface area (Å²) < 4.78 is 68.3. The molecule has 14 heteroatoms. The smallest absolute Gasteiger partial charge is 0.476 e. The zero-order chi connectivity index (χ0) is 22.9. The molecule has 0 aliphatic rings. The van der Waals surface area contributed by atoms with Gasteiger partial charge in [0.25, 0.3) is 0 Å². The van der Waals surface area contributed by atoms with Crippen LogP contribution in [0.2, 0.25) is 0 Å². The van der Waals surface area contributed by atoms with Gasteiger partial charge >= 0.3 is 28.7 Å². The van der Waals surface area contributed by atoms with Crippen molar-refractivity contribution in [3.63, 3.8) is 0 Å². The third-order valence-electron chi connectivity index (χ3n) is 2.80. The average Bonchev–Trinajstić information content (AvgIpc) is 2.66. The van der Waals surface area contributed by atoms with E-state index >= 15 is 0 Å². The van der Waals surface area contributed by atoms with Gasteiger partial charge in [0.2, 0.25) is 0 Å². The molecule has 1 N–H and O–H groups in total. The Morgan fingerprint density at radius 1 is 1.13 bits per heavy atom. The molecule has 162 valence electrons. The number of aromatic nitrogens is 2. The first kappa shape index (κ1) is 24.5. The molecule has 0 unspecified atom stereocenters. The van der Waals surface area contributed by atoms with E-state index in [1.54, 1.807) is 12.1 Å². The van der Waals surface area contributed by atoms with Crippen LogP contribution < -0.4 is 4.18 Å². The molecule has 2 aromatic heterocycles. The van der Waals surface area contributed by atoms with E-state index in [0.717, 1.165) is 25.4 Å². The number of carboxylic acids is 1. The number of nitrogens with zero attached hydrogens (tertiary/aromatic N) is 2. The molecule has 0 bridgehead atoms. The lowest BCUT2D eigenvalue weighted by Crippen LogP contribution is -2.24. The summed E-state index contributed by atoms with van der Waals surface area (Å²) in [6.07, 6.45) is -1.45. The lowest BCUT2D eigenvalue weighted by molar-refractivity contribution is -0.274. The topological polar surface area (TPSA) is 142 Å². The summed E-state index contributed by atoms with van der Waals surface area (Å²) >= 11 is 0. The summed E-state index contributed by atoms with van der Waals surface area (Å²) in [7, 11) is -4.46. The van der Waals surface area contributed by atoms with Crippen molar-refractivity contribution in [1.82, 2.24) is 9.97 Å². The standard InChI is InChI=1S/C8H6F3NO6S.C8H7NO2/c1-16-7(13)6-5(3-2-4-12-6)17-19(14,15)18-8(9,10)11;1-2-6-4-3-5-9-7(6)8(10)11/h2-4H,1H3;2-5H,1H2,(H,10,11).